The van der Waals surface area contributed by atoms with Gasteiger partial charge in [-0.3, -0.25) is 4.90 Å². The minimum absolute atomic E-state index is 0.343. The van der Waals surface area contributed by atoms with Crippen LogP contribution in [0.1, 0.15) is 27.7 Å². The fraction of sp³-hybridized carbons (Fsp3) is 1.00. The fourth-order valence-electron chi connectivity index (χ4n) is 1.66. The summed E-state index contributed by atoms with van der Waals surface area (Å²) >= 11 is 0. The molecule has 0 bridgehead atoms. The molecule has 2 heteroatoms. The van der Waals surface area contributed by atoms with E-state index >= 15 is 0 Å². The predicted octanol–water partition coefficient (Wildman–Crippen LogP) is 1.42. The van der Waals surface area contributed by atoms with Gasteiger partial charge in [-0.15, -0.1) is 0 Å². The summed E-state index contributed by atoms with van der Waals surface area (Å²) in [6.45, 7) is 12.8. The summed E-state index contributed by atoms with van der Waals surface area (Å²) in [5, 5.41) is 0. The van der Waals surface area contributed by atoms with Crippen molar-refractivity contribution >= 4 is 0 Å². The minimum atomic E-state index is 0.343. The molecule has 0 aromatic carbocycles. The summed E-state index contributed by atoms with van der Waals surface area (Å²) in [7, 11) is 2.21. The zero-order valence-electron chi connectivity index (χ0n) is 9.09. The van der Waals surface area contributed by atoms with E-state index in [1.165, 1.54) is 19.6 Å². The van der Waals surface area contributed by atoms with E-state index in [4.69, 9.17) is 0 Å². The van der Waals surface area contributed by atoms with Crippen molar-refractivity contribution in [3.63, 3.8) is 0 Å². The van der Waals surface area contributed by atoms with Crippen molar-refractivity contribution in [2.75, 3.05) is 26.7 Å². The van der Waals surface area contributed by atoms with Crippen LogP contribution < -0.4 is 0 Å². The molecule has 2 nitrogen and oxygen atoms in total. The van der Waals surface area contributed by atoms with Crippen LogP contribution in [-0.2, 0) is 0 Å². The second kappa shape index (κ2) is 3.35. The van der Waals surface area contributed by atoms with Gasteiger partial charge in [0.25, 0.3) is 0 Å². The average molecular weight is 170 g/mol. The zero-order valence-corrected chi connectivity index (χ0v) is 9.09. The molecule has 12 heavy (non-hydrogen) atoms. The number of rotatable bonds is 0. The van der Waals surface area contributed by atoms with Crippen LogP contribution in [0.15, 0.2) is 0 Å². The molecule has 1 aliphatic rings. The standard InChI is InChI=1S/C10H22N2/c1-9-8-12(10(2,3)4)7-6-11(9)5/h9H,6-8H2,1-5H3/t9-/m1/s1. The van der Waals surface area contributed by atoms with Gasteiger partial charge in [0.15, 0.2) is 0 Å². The van der Waals surface area contributed by atoms with Crippen LogP contribution in [0, 0.1) is 0 Å². The van der Waals surface area contributed by atoms with Crippen molar-refractivity contribution in [2.45, 2.75) is 39.3 Å². The molecule has 0 aromatic heterocycles. The minimum Gasteiger partial charge on any atom is -0.301 e. The van der Waals surface area contributed by atoms with Crippen LogP contribution in [0.25, 0.3) is 0 Å². The SMILES string of the molecule is C[C@@H]1CN(C(C)(C)C)CCN1C. The first-order valence-electron chi connectivity index (χ1n) is 4.86. The van der Waals surface area contributed by atoms with Crippen molar-refractivity contribution in [2.24, 2.45) is 0 Å². The third-order valence-electron chi connectivity index (χ3n) is 2.91. The van der Waals surface area contributed by atoms with Gasteiger partial charge < -0.3 is 4.90 Å². The molecule has 1 rings (SSSR count). The lowest BCUT2D eigenvalue weighted by Gasteiger charge is -2.44. The van der Waals surface area contributed by atoms with Crippen molar-refractivity contribution in [1.82, 2.24) is 9.80 Å². The predicted molar refractivity (Wildman–Crippen MR) is 53.4 cm³/mol. The number of hydrogen-bond acceptors (Lipinski definition) is 2. The molecule has 0 spiro atoms. The summed E-state index contributed by atoms with van der Waals surface area (Å²) in [4.78, 5) is 5.00. The first-order chi connectivity index (χ1) is 5.41. The van der Waals surface area contributed by atoms with Crippen molar-refractivity contribution in [3.8, 4) is 0 Å². The molecule has 1 fully saturated rings. The molecule has 0 amide bonds. The lowest BCUT2D eigenvalue weighted by Crippen LogP contribution is -2.56. The Hall–Kier alpha value is -0.0800. The van der Waals surface area contributed by atoms with Crippen LogP contribution in [0.3, 0.4) is 0 Å². The lowest BCUT2D eigenvalue weighted by molar-refractivity contribution is 0.0415. The number of nitrogens with zero attached hydrogens (tertiary/aromatic N) is 2. The summed E-state index contributed by atoms with van der Waals surface area (Å²) < 4.78 is 0. The van der Waals surface area contributed by atoms with Gasteiger partial charge in [-0.05, 0) is 34.7 Å². The highest BCUT2D eigenvalue weighted by atomic mass is 15.3. The van der Waals surface area contributed by atoms with Crippen LogP contribution in [0.2, 0.25) is 0 Å². The summed E-state index contributed by atoms with van der Waals surface area (Å²) in [5.74, 6) is 0. The molecule has 0 saturated carbocycles. The molecule has 1 saturated heterocycles. The molecular formula is C10H22N2. The molecule has 1 heterocycles. The van der Waals surface area contributed by atoms with Crippen molar-refractivity contribution in [1.29, 1.82) is 0 Å². The maximum absolute atomic E-state index is 2.57. The monoisotopic (exact) mass is 170 g/mol. The zero-order chi connectivity index (χ0) is 9.35. The Kier molecular flexibility index (Phi) is 2.79. The second-order valence-corrected chi connectivity index (χ2v) is 4.95. The summed E-state index contributed by atoms with van der Waals surface area (Å²) in [5.41, 5.74) is 0.343. The Morgan fingerprint density at radius 3 is 2.17 bits per heavy atom. The fourth-order valence-corrected chi connectivity index (χ4v) is 1.66. The van der Waals surface area contributed by atoms with Gasteiger partial charge in [-0.25, -0.2) is 0 Å². The van der Waals surface area contributed by atoms with Crippen LogP contribution >= 0.6 is 0 Å². The van der Waals surface area contributed by atoms with E-state index in [0.29, 0.717) is 11.6 Å². The molecule has 0 N–H and O–H groups in total. The third kappa shape index (κ3) is 2.20. The Morgan fingerprint density at radius 2 is 1.75 bits per heavy atom. The van der Waals surface area contributed by atoms with Gasteiger partial charge >= 0.3 is 0 Å². The van der Waals surface area contributed by atoms with Crippen LogP contribution in [0.5, 0.6) is 0 Å². The lowest BCUT2D eigenvalue weighted by atomic mass is 10.0. The van der Waals surface area contributed by atoms with E-state index in [9.17, 15) is 0 Å². The smallest absolute Gasteiger partial charge is 0.0192 e. The van der Waals surface area contributed by atoms with E-state index in [0.717, 1.165) is 0 Å². The van der Waals surface area contributed by atoms with E-state index in [1.54, 1.807) is 0 Å². The van der Waals surface area contributed by atoms with E-state index in [-0.39, 0.29) is 0 Å². The average Bonchev–Trinajstić information content (AvgIpc) is 1.92. The highest BCUT2D eigenvalue weighted by Crippen LogP contribution is 2.17. The van der Waals surface area contributed by atoms with Gasteiger partial charge in [0.05, 0.1) is 0 Å². The largest absolute Gasteiger partial charge is 0.301 e. The molecule has 1 aliphatic heterocycles. The Bertz CT molecular complexity index is 148. The first kappa shape index (κ1) is 10.0. The van der Waals surface area contributed by atoms with Gasteiger partial charge in [-0.1, -0.05) is 0 Å². The Morgan fingerprint density at radius 1 is 1.17 bits per heavy atom. The van der Waals surface area contributed by atoms with E-state index in [1.807, 2.05) is 0 Å². The topological polar surface area (TPSA) is 6.48 Å². The van der Waals surface area contributed by atoms with Gasteiger partial charge in [0.1, 0.15) is 0 Å². The normalized spacial score (nSPS) is 29.2. The highest BCUT2D eigenvalue weighted by Gasteiger charge is 2.27. The van der Waals surface area contributed by atoms with Crippen LogP contribution in [-0.4, -0.2) is 48.1 Å². The van der Waals surface area contributed by atoms with Crippen molar-refractivity contribution in [3.05, 3.63) is 0 Å². The second-order valence-electron chi connectivity index (χ2n) is 4.95. The number of likely N-dealkylation sites (N-methyl/N-ethyl adjacent to an activating group) is 1. The molecule has 0 radical (unpaired) electrons. The van der Waals surface area contributed by atoms with Gasteiger partial charge in [0, 0.05) is 31.2 Å². The Labute approximate surface area is 76.5 Å². The molecule has 1 atom stereocenters. The molecule has 72 valence electrons. The van der Waals surface area contributed by atoms with Gasteiger partial charge in [-0.2, -0.15) is 0 Å². The molecule has 0 aromatic rings. The molecule has 0 aliphatic carbocycles. The number of hydrogen-bond donors (Lipinski definition) is 0. The first-order valence-corrected chi connectivity index (χ1v) is 4.86. The van der Waals surface area contributed by atoms with Crippen LogP contribution in [0.4, 0.5) is 0 Å². The number of piperazine rings is 1. The van der Waals surface area contributed by atoms with E-state index in [2.05, 4.69) is 44.5 Å². The van der Waals surface area contributed by atoms with Crippen molar-refractivity contribution < 1.29 is 0 Å². The maximum atomic E-state index is 2.57. The quantitative estimate of drug-likeness (QED) is 0.542. The summed E-state index contributed by atoms with van der Waals surface area (Å²) in [6.07, 6.45) is 0. The highest BCUT2D eigenvalue weighted by molar-refractivity contribution is 4.84. The van der Waals surface area contributed by atoms with Gasteiger partial charge in [0.2, 0.25) is 0 Å². The van der Waals surface area contributed by atoms with E-state index < -0.39 is 0 Å². The summed E-state index contributed by atoms with van der Waals surface area (Å²) in [6, 6.07) is 0.706. The Balaban J connectivity index is 2.51. The maximum Gasteiger partial charge on any atom is 0.0192 e. The third-order valence-corrected chi connectivity index (χ3v) is 2.91. The molecular weight excluding hydrogens is 148 g/mol. The molecule has 0 unspecified atom stereocenters.